The van der Waals surface area contributed by atoms with Crippen molar-refractivity contribution < 1.29 is 69.5 Å². The Labute approximate surface area is 208 Å². The number of carbonyl (C=O) groups is 1. The Morgan fingerprint density at radius 3 is 1.04 bits per heavy atom. The van der Waals surface area contributed by atoms with Gasteiger partial charge in [0.15, 0.2) is 0 Å². The second-order valence-corrected chi connectivity index (χ2v) is 7.51. The summed E-state index contributed by atoms with van der Waals surface area (Å²) in [6.07, 6.45) is 26.1. The number of rotatable bonds is 20. The molecule has 0 saturated carbocycles. The van der Waals surface area contributed by atoms with Crippen LogP contribution in [-0.4, -0.2) is 11.1 Å². The third-order valence-corrected chi connectivity index (χ3v) is 4.99. The van der Waals surface area contributed by atoms with Crippen LogP contribution in [0.4, 0.5) is 0 Å². The predicted molar refractivity (Wildman–Crippen MR) is 107 cm³/mol. The fraction of sp³-hybridized carbons (Fsp3) is 0.955. The van der Waals surface area contributed by atoms with E-state index < -0.39 is 5.97 Å². The fourth-order valence-corrected chi connectivity index (χ4v) is 3.35. The molecule has 0 aromatic rings. The van der Waals surface area contributed by atoms with Gasteiger partial charge in [0.2, 0.25) is 0 Å². The monoisotopic (exact) mass is 426 g/mol. The van der Waals surface area contributed by atoms with Gasteiger partial charge in [0.1, 0.15) is 0 Å². The molecule has 0 atom stereocenters. The van der Waals surface area contributed by atoms with Crippen molar-refractivity contribution in [3.63, 3.8) is 0 Å². The van der Waals surface area contributed by atoms with Crippen molar-refractivity contribution in [2.75, 3.05) is 0 Å². The Balaban J connectivity index is -0.00000264. The van der Waals surface area contributed by atoms with Crippen molar-refractivity contribution in [2.24, 2.45) is 0 Å². The molecule has 0 heterocycles. The van der Waals surface area contributed by atoms with E-state index in [0.29, 0.717) is 6.42 Å². The van der Waals surface area contributed by atoms with Gasteiger partial charge in [0.05, 0.1) is 0 Å². The molecule has 0 aromatic heterocycles. The second-order valence-electron chi connectivity index (χ2n) is 7.51. The molecule has 146 valence electrons. The van der Waals surface area contributed by atoms with Crippen molar-refractivity contribution in [2.45, 2.75) is 135 Å². The molecule has 0 spiro atoms. The Kier molecular flexibility index (Phi) is 28.8. The number of unbranched alkanes of at least 4 members (excludes halogenated alkanes) is 18. The van der Waals surface area contributed by atoms with Gasteiger partial charge in [-0.15, -0.1) is 0 Å². The molecule has 0 aliphatic rings. The summed E-state index contributed by atoms with van der Waals surface area (Å²) in [5.41, 5.74) is 0. The molecule has 0 rings (SSSR count). The van der Waals surface area contributed by atoms with Crippen molar-refractivity contribution >= 4 is 5.97 Å². The first kappa shape index (κ1) is 28.5. The van der Waals surface area contributed by atoms with Crippen LogP contribution in [-0.2, 0) is 4.79 Å². The molecule has 0 unspecified atom stereocenters. The number of carboxylic acids is 1. The molecule has 1 N–H and O–H groups in total. The van der Waals surface area contributed by atoms with Crippen LogP contribution < -0.4 is 58.2 Å². The van der Waals surface area contributed by atoms with Crippen LogP contribution in [0.2, 0.25) is 0 Å². The molecule has 2 nitrogen and oxygen atoms in total. The van der Waals surface area contributed by atoms with Gasteiger partial charge < -0.3 is 6.53 Å². The van der Waals surface area contributed by atoms with E-state index in [9.17, 15) is 4.79 Å². The zero-order chi connectivity index (χ0) is 17.7. The average Bonchev–Trinajstić information content (AvgIpc) is 2.56. The summed E-state index contributed by atoms with van der Waals surface area (Å²) < 4.78 is 0. The SMILES string of the molecule is CCCCCCCCCCCCCCCCCCCCCC(=O)O.[H-].[Rb+]. The maximum absolute atomic E-state index is 10.4. The van der Waals surface area contributed by atoms with Gasteiger partial charge in [0.25, 0.3) is 0 Å². The van der Waals surface area contributed by atoms with Crippen LogP contribution in [0.5, 0.6) is 0 Å². The second kappa shape index (κ2) is 25.3. The van der Waals surface area contributed by atoms with Gasteiger partial charge in [-0.25, -0.2) is 0 Å². The largest absolute Gasteiger partial charge is 1.00 e. The van der Waals surface area contributed by atoms with Gasteiger partial charge in [-0.2, -0.15) is 0 Å². The average molecular weight is 427 g/mol. The molecule has 3 heteroatoms. The third kappa shape index (κ3) is 27.6. The van der Waals surface area contributed by atoms with E-state index in [1.54, 1.807) is 0 Å². The Bertz CT molecular complexity index is 263. The number of hydrogen-bond donors (Lipinski definition) is 1. The molecule has 0 radical (unpaired) electrons. The van der Waals surface area contributed by atoms with E-state index >= 15 is 0 Å². The zero-order valence-corrected chi connectivity index (χ0v) is 22.4. The maximum Gasteiger partial charge on any atom is 1.00 e. The van der Waals surface area contributed by atoms with E-state index in [0.717, 1.165) is 12.8 Å². The van der Waals surface area contributed by atoms with Crippen molar-refractivity contribution in [1.82, 2.24) is 0 Å². The van der Waals surface area contributed by atoms with E-state index in [4.69, 9.17) is 5.11 Å². The minimum Gasteiger partial charge on any atom is -1.00 e. The van der Waals surface area contributed by atoms with Crippen LogP contribution >= 0.6 is 0 Å². The van der Waals surface area contributed by atoms with Gasteiger partial charge in [-0.1, -0.05) is 122 Å². The van der Waals surface area contributed by atoms with E-state index in [1.165, 1.54) is 109 Å². The van der Waals surface area contributed by atoms with Gasteiger partial charge in [-0.05, 0) is 6.42 Å². The Hall–Kier alpha value is 1.28. The molecule has 0 aromatic carbocycles. The molecule has 0 saturated heterocycles. The summed E-state index contributed by atoms with van der Waals surface area (Å²) in [5.74, 6) is -0.651. The van der Waals surface area contributed by atoms with Crippen molar-refractivity contribution in [1.29, 1.82) is 0 Å². The topological polar surface area (TPSA) is 37.3 Å². The minimum atomic E-state index is -0.651. The van der Waals surface area contributed by atoms with Crippen LogP contribution in [0, 0.1) is 0 Å². The summed E-state index contributed by atoms with van der Waals surface area (Å²) in [4.78, 5) is 10.4. The van der Waals surface area contributed by atoms with Gasteiger partial charge in [-0.3, -0.25) is 4.79 Å². The minimum absolute atomic E-state index is 0. The van der Waals surface area contributed by atoms with E-state index in [2.05, 4.69) is 6.92 Å². The molecule has 25 heavy (non-hydrogen) atoms. The predicted octanol–water partition coefficient (Wildman–Crippen LogP) is 5.01. The summed E-state index contributed by atoms with van der Waals surface area (Å²) in [7, 11) is 0. The molecule has 0 amide bonds. The van der Waals surface area contributed by atoms with Crippen LogP contribution in [0.25, 0.3) is 0 Å². The van der Waals surface area contributed by atoms with Gasteiger partial charge in [0, 0.05) is 6.42 Å². The Morgan fingerprint density at radius 1 is 0.560 bits per heavy atom. The van der Waals surface area contributed by atoms with E-state index in [-0.39, 0.29) is 59.6 Å². The van der Waals surface area contributed by atoms with Crippen LogP contribution in [0.3, 0.4) is 0 Å². The summed E-state index contributed by atoms with van der Waals surface area (Å²) in [5, 5.41) is 8.56. The van der Waals surface area contributed by atoms with Crippen LogP contribution in [0.15, 0.2) is 0 Å². The van der Waals surface area contributed by atoms with Gasteiger partial charge >= 0.3 is 64.2 Å². The zero-order valence-electron chi connectivity index (χ0n) is 18.5. The number of hydrogen-bond acceptors (Lipinski definition) is 1. The summed E-state index contributed by atoms with van der Waals surface area (Å²) >= 11 is 0. The standard InChI is InChI=1S/C22H44O2.Rb.H/c1-2-3-4-5-6-7-8-9-10-11-12-13-14-15-16-17-18-19-20-21-22(23)24;;/h2-21H2,1H3,(H,23,24);;/q;+1;-1. The first-order valence-corrected chi connectivity index (χ1v) is 11.0. The quantitative estimate of drug-likeness (QED) is 0.278. The normalized spacial score (nSPS) is 10.6. The number of aliphatic carboxylic acids is 1. The molecular weight excluding hydrogens is 382 g/mol. The first-order valence-electron chi connectivity index (χ1n) is 11.0. The molecule has 0 bridgehead atoms. The molecular formula is C22H45O2Rb. The maximum atomic E-state index is 10.4. The Morgan fingerprint density at radius 2 is 0.800 bits per heavy atom. The summed E-state index contributed by atoms with van der Waals surface area (Å²) in [6.45, 7) is 2.28. The van der Waals surface area contributed by atoms with E-state index in [1.807, 2.05) is 0 Å². The summed E-state index contributed by atoms with van der Waals surface area (Å²) in [6, 6.07) is 0. The molecule has 0 fully saturated rings. The third-order valence-electron chi connectivity index (χ3n) is 4.99. The smallest absolute Gasteiger partial charge is 1.00 e. The molecule has 0 aliphatic heterocycles. The van der Waals surface area contributed by atoms with Crippen molar-refractivity contribution in [3.8, 4) is 0 Å². The fourth-order valence-electron chi connectivity index (χ4n) is 3.35. The number of carboxylic acid groups (broad SMARTS) is 1. The van der Waals surface area contributed by atoms with Crippen molar-refractivity contribution in [3.05, 3.63) is 0 Å². The van der Waals surface area contributed by atoms with Crippen LogP contribution in [0.1, 0.15) is 137 Å². The molecule has 0 aliphatic carbocycles. The first-order chi connectivity index (χ1) is 11.8.